The molecule has 106 valence electrons. The highest BCUT2D eigenvalue weighted by atomic mass is 16.5. The Morgan fingerprint density at radius 1 is 1.17 bits per heavy atom. The molecule has 0 heterocycles. The van der Waals surface area contributed by atoms with E-state index in [2.05, 4.69) is 5.32 Å². The average Bonchev–Trinajstić information content (AvgIpc) is 2.24. The summed E-state index contributed by atoms with van der Waals surface area (Å²) in [6.45, 7) is 10.0. The van der Waals surface area contributed by atoms with E-state index >= 15 is 0 Å². The molecular formula is C15H29NO2. The van der Waals surface area contributed by atoms with E-state index < -0.39 is 0 Å². The minimum absolute atomic E-state index is 0.0584. The van der Waals surface area contributed by atoms with Gasteiger partial charge in [0.05, 0.1) is 6.10 Å². The van der Waals surface area contributed by atoms with Gasteiger partial charge in [-0.2, -0.15) is 0 Å². The second-order valence-electron chi connectivity index (χ2n) is 6.74. The molecule has 0 aromatic carbocycles. The summed E-state index contributed by atoms with van der Waals surface area (Å²) >= 11 is 0. The molecule has 1 saturated carbocycles. The Morgan fingerprint density at radius 3 is 2.17 bits per heavy atom. The summed E-state index contributed by atoms with van der Waals surface area (Å²) in [6.07, 6.45) is 5.82. The summed E-state index contributed by atoms with van der Waals surface area (Å²) < 4.78 is 5.89. The molecule has 1 rings (SSSR count). The van der Waals surface area contributed by atoms with Crippen LogP contribution in [0.25, 0.3) is 0 Å². The van der Waals surface area contributed by atoms with Gasteiger partial charge in [-0.25, -0.2) is 0 Å². The van der Waals surface area contributed by atoms with Crippen LogP contribution < -0.4 is 5.32 Å². The van der Waals surface area contributed by atoms with Crippen LogP contribution in [0.2, 0.25) is 0 Å². The third-order valence-corrected chi connectivity index (χ3v) is 3.25. The topological polar surface area (TPSA) is 38.3 Å². The fraction of sp³-hybridized carbons (Fsp3) is 0.933. The first kappa shape index (κ1) is 15.5. The number of carbonyl (C=O) groups is 1. The van der Waals surface area contributed by atoms with Crippen molar-refractivity contribution in [3.8, 4) is 0 Å². The first-order valence-corrected chi connectivity index (χ1v) is 7.27. The second kappa shape index (κ2) is 6.55. The molecule has 1 unspecified atom stereocenters. The molecule has 0 spiro atoms. The van der Waals surface area contributed by atoms with E-state index in [9.17, 15) is 4.79 Å². The minimum atomic E-state index is -0.274. The zero-order valence-electron chi connectivity index (χ0n) is 12.6. The SMILES string of the molecule is CC(C)OC(C(=O)NC(C)(C)C)C1CCCCC1. The molecule has 0 aromatic rings. The molecule has 0 bridgehead atoms. The normalized spacial score (nSPS) is 19.9. The summed E-state index contributed by atoms with van der Waals surface area (Å²) in [4.78, 5) is 12.4. The molecule has 0 radical (unpaired) electrons. The molecule has 1 fully saturated rings. The van der Waals surface area contributed by atoms with Gasteiger partial charge in [0.15, 0.2) is 0 Å². The van der Waals surface area contributed by atoms with Crippen molar-refractivity contribution in [1.82, 2.24) is 5.32 Å². The molecule has 1 N–H and O–H groups in total. The van der Waals surface area contributed by atoms with Crippen LogP contribution in [-0.2, 0) is 9.53 Å². The van der Waals surface area contributed by atoms with Crippen LogP contribution in [0.5, 0.6) is 0 Å². The van der Waals surface area contributed by atoms with Crippen molar-refractivity contribution >= 4 is 5.91 Å². The van der Waals surface area contributed by atoms with E-state index in [-0.39, 0.29) is 23.7 Å². The van der Waals surface area contributed by atoms with E-state index in [0.717, 1.165) is 12.8 Å². The number of nitrogens with one attached hydrogen (secondary N) is 1. The number of rotatable bonds is 4. The monoisotopic (exact) mass is 255 g/mol. The lowest BCUT2D eigenvalue weighted by molar-refractivity contribution is -0.142. The Balaban J connectivity index is 2.67. The minimum Gasteiger partial charge on any atom is -0.365 e. The number of amides is 1. The molecule has 1 aliphatic carbocycles. The van der Waals surface area contributed by atoms with Gasteiger partial charge in [-0.1, -0.05) is 19.3 Å². The summed E-state index contributed by atoms with van der Waals surface area (Å²) in [5.74, 6) is 0.451. The molecule has 0 saturated heterocycles. The highest BCUT2D eigenvalue weighted by Crippen LogP contribution is 2.29. The molecule has 1 amide bonds. The van der Waals surface area contributed by atoms with Crippen LogP contribution >= 0.6 is 0 Å². The molecule has 18 heavy (non-hydrogen) atoms. The fourth-order valence-electron chi connectivity index (χ4n) is 2.56. The molecule has 1 aliphatic rings. The summed E-state index contributed by atoms with van der Waals surface area (Å²) in [5.41, 5.74) is -0.190. The average molecular weight is 255 g/mol. The van der Waals surface area contributed by atoms with Gasteiger partial charge in [0, 0.05) is 5.54 Å². The van der Waals surface area contributed by atoms with Crippen molar-refractivity contribution < 1.29 is 9.53 Å². The number of hydrogen-bond acceptors (Lipinski definition) is 2. The predicted octanol–water partition coefficient (Wildman–Crippen LogP) is 3.28. The van der Waals surface area contributed by atoms with E-state index in [4.69, 9.17) is 4.74 Å². The highest BCUT2D eigenvalue weighted by molar-refractivity contribution is 5.81. The first-order valence-electron chi connectivity index (χ1n) is 7.27. The Kier molecular flexibility index (Phi) is 5.64. The standard InChI is InChI=1S/C15H29NO2/c1-11(2)18-13(12-9-7-6-8-10-12)14(17)16-15(3,4)5/h11-13H,6-10H2,1-5H3,(H,16,17). The van der Waals surface area contributed by atoms with Crippen LogP contribution in [0.3, 0.4) is 0 Å². The van der Waals surface area contributed by atoms with Crippen LogP contribution in [0.4, 0.5) is 0 Å². The first-order chi connectivity index (χ1) is 8.29. The van der Waals surface area contributed by atoms with Gasteiger partial charge in [-0.15, -0.1) is 0 Å². The van der Waals surface area contributed by atoms with E-state index in [0.29, 0.717) is 5.92 Å². The number of hydrogen-bond donors (Lipinski definition) is 1. The largest absolute Gasteiger partial charge is 0.365 e. The lowest BCUT2D eigenvalue weighted by Gasteiger charge is -2.33. The predicted molar refractivity (Wildman–Crippen MR) is 74.5 cm³/mol. The second-order valence-corrected chi connectivity index (χ2v) is 6.74. The van der Waals surface area contributed by atoms with Gasteiger partial charge in [-0.05, 0) is 53.4 Å². The Bertz CT molecular complexity index is 262. The smallest absolute Gasteiger partial charge is 0.249 e. The maximum atomic E-state index is 12.4. The number of carbonyl (C=O) groups excluding carboxylic acids is 1. The van der Waals surface area contributed by atoms with Crippen molar-refractivity contribution in [1.29, 1.82) is 0 Å². The van der Waals surface area contributed by atoms with Gasteiger partial charge in [0.1, 0.15) is 6.10 Å². The van der Waals surface area contributed by atoms with Gasteiger partial charge in [0.2, 0.25) is 5.91 Å². The zero-order chi connectivity index (χ0) is 13.8. The van der Waals surface area contributed by atoms with Crippen molar-refractivity contribution in [2.45, 2.75) is 84.5 Å². The Morgan fingerprint density at radius 2 is 1.72 bits per heavy atom. The third-order valence-electron chi connectivity index (χ3n) is 3.25. The molecule has 3 heteroatoms. The molecule has 0 aliphatic heterocycles. The van der Waals surface area contributed by atoms with Crippen molar-refractivity contribution in [2.24, 2.45) is 5.92 Å². The zero-order valence-corrected chi connectivity index (χ0v) is 12.6. The highest BCUT2D eigenvalue weighted by Gasteiger charge is 2.32. The van der Waals surface area contributed by atoms with Crippen molar-refractivity contribution in [3.63, 3.8) is 0 Å². The molecule has 1 atom stereocenters. The quantitative estimate of drug-likeness (QED) is 0.837. The van der Waals surface area contributed by atoms with Crippen LogP contribution in [-0.4, -0.2) is 23.7 Å². The maximum Gasteiger partial charge on any atom is 0.249 e. The lowest BCUT2D eigenvalue weighted by Crippen LogP contribution is -2.50. The Labute approximate surface area is 112 Å². The van der Waals surface area contributed by atoms with Gasteiger partial charge in [0.25, 0.3) is 0 Å². The summed E-state index contributed by atoms with van der Waals surface area (Å²) in [7, 11) is 0. The Hall–Kier alpha value is -0.570. The van der Waals surface area contributed by atoms with Gasteiger partial charge < -0.3 is 10.1 Å². The number of ether oxygens (including phenoxy) is 1. The van der Waals surface area contributed by atoms with Gasteiger partial charge in [-0.3, -0.25) is 4.79 Å². The van der Waals surface area contributed by atoms with E-state index in [1.54, 1.807) is 0 Å². The van der Waals surface area contributed by atoms with Crippen LogP contribution in [0, 0.1) is 5.92 Å². The van der Waals surface area contributed by atoms with Crippen LogP contribution in [0.1, 0.15) is 66.7 Å². The van der Waals surface area contributed by atoms with Crippen molar-refractivity contribution in [2.75, 3.05) is 0 Å². The molecular weight excluding hydrogens is 226 g/mol. The van der Waals surface area contributed by atoms with Gasteiger partial charge >= 0.3 is 0 Å². The summed E-state index contributed by atoms with van der Waals surface area (Å²) in [5, 5.41) is 3.06. The molecule has 0 aromatic heterocycles. The fourth-order valence-corrected chi connectivity index (χ4v) is 2.56. The van der Waals surface area contributed by atoms with E-state index in [1.807, 2.05) is 34.6 Å². The summed E-state index contributed by atoms with van der Waals surface area (Å²) in [6, 6.07) is 0. The maximum absolute atomic E-state index is 12.4. The lowest BCUT2D eigenvalue weighted by atomic mass is 9.84. The van der Waals surface area contributed by atoms with Crippen molar-refractivity contribution in [3.05, 3.63) is 0 Å². The van der Waals surface area contributed by atoms with Crippen LogP contribution in [0.15, 0.2) is 0 Å². The molecule has 3 nitrogen and oxygen atoms in total. The van der Waals surface area contributed by atoms with E-state index in [1.165, 1.54) is 19.3 Å². The third kappa shape index (κ3) is 5.38.